The van der Waals surface area contributed by atoms with E-state index >= 15 is 0 Å². The van der Waals surface area contributed by atoms with Gasteiger partial charge in [0.2, 0.25) is 0 Å². The number of nitrogens with one attached hydrogen (secondary N) is 1. The topological polar surface area (TPSA) is 96.7 Å². The maximum Gasteiger partial charge on any atom is 0.407 e. The molecular weight excluding hydrogens is 336 g/mol. The Hall–Kier alpha value is -3.03. The molecule has 26 heavy (non-hydrogen) atoms. The number of carbonyl (C=O) groups excluding carboxylic acids is 1. The fraction of sp³-hybridized carbons (Fsp3) is 0.389. The first-order valence-corrected chi connectivity index (χ1v) is 8.49. The van der Waals surface area contributed by atoms with Crippen LogP contribution in [0.3, 0.4) is 0 Å². The van der Waals surface area contributed by atoms with Gasteiger partial charge >= 0.3 is 12.1 Å². The van der Waals surface area contributed by atoms with Gasteiger partial charge in [-0.25, -0.2) is 9.59 Å². The van der Waals surface area contributed by atoms with Crippen molar-refractivity contribution in [3.05, 3.63) is 48.3 Å². The average Bonchev–Trinajstić information content (AvgIpc) is 3.24. The van der Waals surface area contributed by atoms with Gasteiger partial charge < -0.3 is 20.1 Å². The zero-order valence-electron chi connectivity index (χ0n) is 14.5. The van der Waals surface area contributed by atoms with Crippen LogP contribution in [0.4, 0.5) is 10.5 Å². The first kappa shape index (κ1) is 17.8. The van der Waals surface area contributed by atoms with E-state index in [0.29, 0.717) is 19.4 Å². The number of hydrogen-bond acceptors (Lipinski definition) is 5. The maximum atomic E-state index is 12.0. The molecule has 8 heteroatoms. The molecule has 2 atom stereocenters. The number of aliphatic carboxylic acids is 1. The molecule has 1 aromatic carbocycles. The third-order valence-electron chi connectivity index (χ3n) is 4.47. The quantitative estimate of drug-likeness (QED) is 0.817. The number of aromatic nitrogens is 2. The molecule has 0 radical (unpaired) electrons. The minimum atomic E-state index is -0.872. The van der Waals surface area contributed by atoms with Gasteiger partial charge in [-0.3, -0.25) is 4.68 Å². The van der Waals surface area contributed by atoms with E-state index in [1.807, 2.05) is 35.2 Å². The molecule has 0 unspecified atom stereocenters. The smallest absolute Gasteiger partial charge is 0.407 e. The fourth-order valence-corrected chi connectivity index (χ4v) is 3.23. The summed E-state index contributed by atoms with van der Waals surface area (Å²) in [5.74, 6) is -0.872. The summed E-state index contributed by atoms with van der Waals surface area (Å²) in [6.45, 7) is 0.508. The Morgan fingerprint density at radius 1 is 1.31 bits per heavy atom. The minimum Gasteiger partial charge on any atom is -0.480 e. The molecule has 2 aromatic rings. The molecule has 1 aliphatic rings. The normalized spacial score (nSPS) is 19.3. The van der Waals surface area contributed by atoms with Crippen molar-refractivity contribution in [3.8, 4) is 0 Å². The van der Waals surface area contributed by atoms with Crippen molar-refractivity contribution in [3.63, 3.8) is 0 Å². The van der Waals surface area contributed by atoms with Crippen LogP contribution in [-0.2, 0) is 23.2 Å². The Morgan fingerprint density at radius 2 is 2.08 bits per heavy atom. The molecule has 0 saturated carbocycles. The highest BCUT2D eigenvalue weighted by molar-refractivity contribution is 5.79. The number of carbonyl (C=O) groups is 2. The summed E-state index contributed by atoms with van der Waals surface area (Å²) in [5.41, 5.74) is 1.65. The number of hydrogen-bond donors (Lipinski definition) is 2. The highest BCUT2D eigenvalue weighted by atomic mass is 16.5. The molecule has 2 heterocycles. The molecule has 1 saturated heterocycles. The van der Waals surface area contributed by atoms with Crippen LogP contribution in [0.2, 0.25) is 0 Å². The molecule has 2 N–H and O–H groups in total. The SMILES string of the molecule is Cn1cc(N2[C@H](CNC(=O)OCc3ccccc3)CC[C@H]2C(=O)O)cn1. The Bertz CT molecular complexity index is 762. The highest BCUT2D eigenvalue weighted by Gasteiger charge is 2.38. The van der Waals surface area contributed by atoms with Gasteiger partial charge in [-0.05, 0) is 18.4 Å². The molecule has 0 bridgehead atoms. The number of carboxylic acids is 1. The van der Waals surface area contributed by atoms with Gasteiger partial charge in [0.1, 0.15) is 12.6 Å². The van der Waals surface area contributed by atoms with Gasteiger partial charge in [0.05, 0.1) is 11.9 Å². The maximum absolute atomic E-state index is 12.0. The summed E-state index contributed by atoms with van der Waals surface area (Å²) in [7, 11) is 1.78. The van der Waals surface area contributed by atoms with E-state index in [-0.39, 0.29) is 12.6 Å². The zero-order chi connectivity index (χ0) is 18.5. The monoisotopic (exact) mass is 358 g/mol. The number of ether oxygens (including phenoxy) is 1. The Morgan fingerprint density at radius 3 is 2.73 bits per heavy atom. The number of rotatable bonds is 6. The number of anilines is 1. The molecule has 1 fully saturated rings. The summed E-state index contributed by atoms with van der Waals surface area (Å²) >= 11 is 0. The zero-order valence-corrected chi connectivity index (χ0v) is 14.5. The molecule has 1 aliphatic heterocycles. The molecular formula is C18H22N4O4. The van der Waals surface area contributed by atoms with Crippen LogP contribution >= 0.6 is 0 Å². The van der Waals surface area contributed by atoms with Crippen molar-refractivity contribution in [1.29, 1.82) is 0 Å². The van der Waals surface area contributed by atoms with Gasteiger partial charge in [-0.15, -0.1) is 0 Å². The van der Waals surface area contributed by atoms with E-state index in [1.54, 1.807) is 24.1 Å². The number of amides is 1. The van der Waals surface area contributed by atoms with Gasteiger partial charge in [0.25, 0.3) is 0 Å². The highest BCUT2D eigenvalue weighted by Crippen LogP contribution is 2.30. The van der Waals surface area contributed by atoms with E-state index < -0.39 is 18.1 Å². The lowest BCUT2D eigenvalue weighted by Gasteiger charge is -2.29. The Balaban J connectivity index is 1.57. The Labute approximate surface area is 151 Å². The average molecular weight is 358 g/mol. The van der Waals surface area contributed by atoms with E-state index in [0.717, 1.165) is 11.3 Å². The molecule has 3 rings (SSSR count). The second-order valence-corrected chi connectivity index (χ2v) is 6.31. The first-order chi connectivity index (χ1) is 12.5. The number of alkyl carbamates (subject to hydrolysis) is 1. The third kappa shape index (κ3) is 4.14. The Kier molecular flexibility index (Phi) is 5.40. The summed E-state index contributed by atoms with van der Waals surface area (Å²) in [4.78, 5) is 25.3. The van der Waals surface area contributed by atoms with Crippen LogP contribution in [0.25, 0.3) is 0 Å². The van der Waals surface area contributed by atoms with E-state index in [2.05, 4.69) is 10.4 Å². The number of carboxylic acid groups (broad SMARTS) is 1. The van der Waals surface area contributed by atoms with Crippen molar-refractivity contribution in [2.24, 2.45) is 7.05 Å². The standard InChI is InChI=1S/C18H22N4O4/c1-21-11-15(10-20-21)22-14(7-8-16(22)17(23)24)9-19-18(25)26-12-13-5-3-2-4-6-13/h2-6,10-11,14,16H,7-9,12H2,1H3,(H,19,25)(H,23,24)/t14-,16-/m0/s1. The fourth-order valence-electron chi connectivity index (χ4n) is 3.23. The van der Waals surface area contributed by atoms with Crippen LogP contribution in [0.1, 0.15) is 18.4 Å². The summed E-state index contributed by atoms with van der Waals surface area (Å²) in [6, 6.07) is 8.68. The summed E-state index contributed by atoms with van der Waals surface area (Å²) in [5, 5.41) is 16.3. The number of nitrogens with zero attached hydrogens (tertiary/aromatic N) is 3. The lowest BCUT2D eigenvalue weighted by Crippen LogP contribution is -2.46. The number of benzene rings is 1. The van der Waals surface area contributed by atoms with E-state index in [1.165, 1.54) is 0 Å². The minimum absolute atomic E-state index is 0.121. The van der Waals surface area contributed by atoms with E-state index in [4.69, 9.17) is 4.74 Å². The van der Waals surface area contributed by atoms with E-state index in [9.17, 15) is 14.7 Å². The molecule has 138 valence electrons. The summed E-state index contributed by atoms with van der Waals surface area (Å²) in [6.07, 6.45) is 4.10. The van der Waals surface area contributed by atoms with Crippen molar-refractivity contribution in [2.75, 3.05) is 11.4 Å². The van der Waals surface area contributed by atoms with Gasteiger partial charge in [-0.1, -0.05) is 30.3 Å². The lowest BCUT2D eigenvalue weighted by molar-refractivity contribution is -0.138. The van der Waals surface area contributed by atoms with Crippen molar-refractivity contribution in [2.45, 2.75) is 31.5 Å². The predicted molar refractivity (Wildman–Crippen MR) is 94.8 cm³/mol. The van der Waals surface area contributed by atoms with Gasteiger partial charge in [0, 0.05) is 25.8 Å². The molecule has 8 nitrogen and oxygen atoms in total. The second-order valence-electron chi connectivity index (χ2n) is 6.31. The van der Waals surface area contributed by atoms with Crippen LogP contribution in [-0.4, -0.2) is 45.6 Å². The van der Waals surface area contributed by atoms with Crippen LogP contribution in [0.5, 0.6) is 0 Å². The van der Waals surface area contributed by atoms with Crippen LogP contribution in [0, 0.1) is 0 Å². The predicted octanol–water partition coefficient (Wildman–Crippen LogP) is 1.77. The molecule has 0 spiro atoms. The first-order valence-electron chi connectivity index (χ1n) is 8.49. The largest absolute Gasteiger partial charge is 0.480 e. The summed E-state index contributed by atoms with van der Waals surface area (Å²) < 4.78 is 6.84. The second kappa shape index (κ2) is 7.90. The van der Waals surface area contributed by atoms with Crippen molar-refractivity contribution < 1.29 is 19.4 Å². The van der Waals surface area contributed by atoms with Gasteiger partial charge in [-0.2, -0.15) is 5.10 Å². The number of aryl methyl sites for hydroxylation is 1. The lowest BCUT2D eigenvalue weighted by atomic mass is 10.2. The van der Waals surface area contributed by atoms with Crippen molar-refractivity contribution in [1.82, 2.24) is 15.1 Å². The molecule has 1 aromatic heterocycles. The molecule has 0 aliphatic carbocycles. The molecule has 1 amide bonds. The van der Waals surface area contributed by atoms with Crippen molar-refractivity contribution >= 4 is 17.7 Å². The van der Waals surface area contributed by atoms with Gasteiger partial charge in [0.15, 0.2) is 0 Å². The van der Waals surface area contributed by atoms with Crippen LogP contribution in [0.15, 0.2) is 42.7 Å². The van der Waals surface area contributed by atoms with Crippen LogP contribution < -0.4 is 10.2 Å². The third-order valence-corrected chi connectivity index (χ3v) is 4.47.